The van der Waals surface area contributed by atoms with Gasteiger partial charge in [0.15, 0.2) is 0 Å². The third kappa shape index (κ3) is 2.41. The van der Waals surface area contributed by atoms with E-state index in [9.17, 15) is 0 Å². The SMILES string of the molecule is CNC(c1cc(C)c(C)s1)c1cc(Br)cc2c1OCC2. The first-order valence-electron chi connectivity index (χ1n) is 6.79. The highest BCUT2D eigenvalue weighted by Gasteiger charge is 2.24. The number of rotatable bonds is 3. The second kappa shape index (κ2) is 5.51. The number of benzene rings is 1. The van der Waals surface area contributed by atoms with E-state index in [1.54, 1.807) is 0 Å². The molecular formula is C16H18BrNOS. The van der Waals surface area contributed by atoms with Crippen molar-refractivity contribution in [1.29, 1.82) is 0 Å². The average molecular weight is 352 g/mol. The molecule has 1 aromatic heterocycles. The molecule has 0 radical (unpaired) electrons. The van der Waals surface area contributed by atoms with E-state index in [0.717, 1.165) is 23.2 Å². The van der Waals surface area contributed by atoms with Crippen LogP contribution in [0.4, 0.5) is 0 Å². The maximum atomic E-state index is 5.87. The predicted octanol–water partition coefficient (Wildman–Crippen LogP) is 4.37. The summed E-state index contributed by atoms with van der Waals surface area (Å²) in [6, 6.07) is 6.82. The molecular weight excluding hydrogens is 334 g/mol. The number of ether oxygens (including phenoxy) is 1. The summed E-state index contributed by atoms with van der Waals surface area (Å²) in [5.41, 5.74) is 3.90. The Morgan fingerprint density at radius 1 is 1.30 bits per heavy atom. The third-order valence-corrected chi connectivity index (χ3v) is 5.52. The molecule has 1 aliphatic heterocycles. The molecule has 20 heavy (non-hydrogen) atoms. The van der Waals surface area contributed by atoms with Crippen LogP contribution in [0.1, 0.15) is 32.5 Å². The number of hydrogen-bond acceptors (Lipinski definition) is 3. The van der Waals surface area contributed by atoms with E-state index in [2.05, 4.69) is 53.3 Å². The molecule has 1 unspecified atom stereocenters. The summed E-state index contributed by atoms with van der Waals surface area (Å²) in [6.07, 6.45) is 1.00. The number of fused-ring (bicyclic) bond motifs is 1. The fourth-order valence-corrected chi connectivity index (χ4v) is 4.40. The van der Waals surface area contributed by atoms with Gasteiger partial charge in [-0.05, 0) is 50.2 Å². The van der Waals surface area contributed by atoms with Crippen LogP contribution >= 0.6 is 27.3 Å². The van der Waals surface area contributed by atoms with Gasteiger partial charge < -0.3 is 10.1 Å². The normalized spacial score (nSPS) is 15.0. The number of halogens is 1. The second-order valence-corrected chi connectivity index (χ2v) is 7.39. The first kappa shape index (κ1) is 14.1. The molecule has 0 bridgehead atoms. The summed E-state index contributed by atoms with van der Waals surface area (Å²) in [7, 11) is 2.01. The van der Waals surface area contributed by atoms with Crippen molar-refractivity contribution in [1.82, 2.24) is 5.32 Å². The molecule has 1 atom stereocenters. The van der Waals surface area contributed by atoms with E-state index in [0.29, 0.717) is 0 Å². The van der Waals surface area contributed by atoms with Crippen LogP contribution in [0.3, 0.4) is 0 Å². The standard InChI is InChI=1S/C16H18BrNOS/c1-9-6-14(20-10(9)2)15(18-3)13-8-12(17)7-11-4-5-19-16(11)13/h6-8,15,18H,4-5H2,1-3H3. The Hall–Kier alpha value is -0.840. The molecule has 2 nitrogen and oxygen atoms in total. The van der Waals surface area contributed by atoms with Gasteiger partial charge in [-0.3, -0.25) is 0 Å². The summed E-state index contributed by atoms with van der Waals surface area (Å²) in [6.45, 7) is 5.14. The summed E-state index contributed by atoms with van der Waals surface area (Å²) in [5, 5.41) is 3.44. The highest BCUT2D eigenvalue weighted by molar-refractivity contribution is 9.10. The van der Waals surface area contributed by atoms with Gasteiger partial charge in [0, 0.05) is 26.2 Å². The van der Waals surface area contributed by atoms with Gasteiger partial charge in [-0.2, -0.15) is 0 Å². The zero-order valence-electron chi connectivity index (χ0n) is 11.9. The van der Waals surface area contributed by atoms with E-state index < -0.39 is 0 Å². The van der Waals surface area contributed by atoms with Gasteiger partial charge in [0.25, 0.3) is 0 Å². The molecule has 1 aliphatic rings. The van der Waals surface area contributed by atoms with Gasteiger partial charge in [0.1, 0.15) is 5.75 Å². The molecule has 1 N–H and O–H groups in total. The van der Waals surface area contributed by atoms with Crippen molar-refractivity contribution in [3.8, 4) is 5.75 Å². The Morgan fingerprint density at radius 2 is 2.10 bits per heavy atom. The van der Waals surface area contributed by atoms with Crippen molar-refractivity contribution in [2.45, 2.75) is 26.3 Å². The molecule has 2 aromatic rings. The van der Waals surface area contributed by atoms with Crippen molar-refractivity contribution in [2.75, 3.05) is 13.7 Å². The topological polar surface area (TPSA) is 21.3 Å². The zero-order valence-corrected chi connectivity index (χ0v) is 14.3. The lowest BCUT2D eigenvalue weighted by atomic mass is 10.0. The molecule has 2 heterocycles. The lowest BCUT2D eigenvalue weighted by molar-refractivity contribution is 0.351. The molecule has 3 rings (SSSR count). The first-order valence-corrected chi connectivity index (χ1v) is 8.40. The minimum absolute atomic E-state index is 0.191. The minimum Gasteiger partial charge on any atom is -0.493 e. The second-order valence-electron chi connectivity index (χ2n) is 5.19. The van der Waals surface area contributed by atoms with Crippen LogP contribution in [-0.4, -0.2) is 13.7 Å². The molecule has 106 valence electrons. The van der Waals surface area contributed by atoms with Gasteiger partial charge in [0.05, 0.1) is 12.6 Å². The number of thiophene rings is 1. The molecule has 0 aliphatic carbocycles. The third-order valence-electron chi connectivity index (χ3n) is 3.85. The lowest BCUT2D eigenvalue weighted by Gasteiger charge is -2.18. The van der Waals surface area contributed by atoms with E-state index in [4.69, 9.17) is 4.74 Å². The smallest absolute Gasteiger partial charge is 0.127 e. The minimum atomic E-state index is 0.191. The van der Waals surface area contributed by atoms with Crippen molar-refractivity contribution < 1.29 is 4.74 Å². The van der Waals surface area contributed by atoms with Crippen LogP contribution < -0.4 is 10.1 Å². The van der Waals surface area contributed by atoms with Gasteiger partial charge in [-0.25, -0.2) is 0 Å². The maximum Gasteiger partial charge on any atom is 0.127 e. The average Bonchev–Trinajstić information content (AvgIpc) is 2.98. The first-order chi connectivity index (χ1) is 9.60. The van der Waals surface area contributed by atoms with Crippen LogP contribution in [0, 0.1) is 13.8 Å². The lowest BCUT2D eigenvalue weighted by Crippen LogP contribution is -2.17. The van der Waals surface area contributed by atoms with Gasteiger partial charge in [-0.15, -0.1) is 11.3 Å². The largest absolute Gasteiger partial charge is 0.493 e. The number of hydrogen-bond donors (Lipinski definition) is 1. The molecule has 0 saturated carbocycles. The Kier molecular flexibility index (Phi) is 3.89. The number of aryl methyl sites for hydroxylation is 2. The van der Waals surface area contributed by atoms with Gasteiger partial charge in [-0.1, -0.05) is 15.9 Å². The van der Waals surface area contributed by atoms with Gasteiger partial charge >= 0.3 is 0 Å². The summed E-state index contributed by atoms with van der Waals surface area (Å²) in [5.74, 6) is 1.07. The van der Waals surface area contributed by atoms with Crippen molar-refractivity contribution in [3.63, 3.8) is 0 Å². The molecule has 1 aromatic carbocycles. The van der Waals surface area contributed by atoms with Crippen molar-refractivity contribution >= 4 is 27.3 Å². The van der Waals surface area contributed by atoms with Gasteiger partial charge in [0.2, 0.25) is 0 Å². The van der Waals surface area contributed by atoms with Crippen LogP contribution in [0.15, 0.2) is 22.7 Å². The quantitative estimate of drug-likeness (QED) is 0.886. The monoisotopic (exact) mass is 351 g/mol. The van der Waals surface area contributed by atoms with Crippen molar-refractivity contribution in [2.24, 2.45) is 0 Å². The Bertz CT molecular complexity index is 631. The van der Waals surface area contributed by atoms with Crippen LogP contribution in [0.5, 0.6) is 5.75 Å². The van der Waals surface area contributed by atoms with E-state index >= 15 is 0 Å². The molecule has 0 fully saturated rings. The van der Waals surface area contributed by atoms with Crippen LogP contribution in [-0.2, 0) is 6.42 Å². The van der Waals surface area contributed by atoms with Crippen LogP contribution in [0.25, 0.3) is 0 Å². The summed E-state index contributed by atoms with van der Waals surface area (Å²) < 4.78 is 7.00. The maximum absolute atomic E-state index is 5.87. The molecule has 4 heteroatoms. The zero-order chi connectivity index (χ0) is 14.3. The van der Waals surface area contributed by atoms with E-state index in [-0.39, 0.29) is 6.04 Å². The van der Waals surface area contributed by atoms with Crippen molar-refractivity contribution in [3.05, 3.63) is 49.1 Å². The summed E-state index contributed by atoms with van der Waals surface area (Å²) in [4.78, 5) is 2.73. The number of nitrogens with one attached hydrogen (secondary N) is 1. The molecule has 0 amide bonds. The molecule has 0 saturated heterocycles. The highest BCUT2D eigenvalue weighted by atomic mass is 79.9. The van der Waals surface area contributed by atoms with Crippen LogP contribution in [0.2, 0.25) is 0 Å². The van der Waals surface area contributed by atoms with E-state index in [1.165, 1.54) is 26.4 Å². The Balaban J connectivity index is 2.10. The molecule has 0 spiro atoms. The summed E-state index contributed by atoms with van der Waals surface area (Å²) >= 11 is 5.49. The fourth-order valence-electron chi connectivity index (χ4n) is 2.71. The Labute approximate surface area is 132 Å². The highest BCUT2D eigenvalue weighted by Crippen LogP contribution is 2.40. The van der Waals surface area contributed by atoms with E-state index in [1.807, 2.05) is 18.4 Å². The Morgan fingerprint density at radius 3 is 2.75 bits per heavy atom. The predicted molar refractivity (Wildman–Crippen MR) is 88.0 cm³/mol. The fraction of sp³-hybridized carbons (Fsp3) is 0.375.